The largest absolute Gasteiger partial charge is 0.420 e. The van der Waals surface area contributed by atoms with Gasteiger partial charge in [0.25, 0.3) is 0 Å². The number of benzene rings is 1. The molecule has 0 amide bonds. The Morgan fingerprint density at radius 3 is 2.69 bits per heavy atom. The number of nitrogens with two attached hydrogens (primary N) is 1. The van der Waals surface area contributed by atoms with Gasteiger partial charge in [0.1, 0.15) is 0 Å². The molecule has 2 aromatic rings. The fourth-order valence-corrected chi connectivity index (χ4v) is 1.25. The molecule has 1 aromatic carbocycles. The summed E-state index contributed by atoms with van der Waals surface area (Å²) in [7, 11) is 0. The molecule has 0 spiro atoms. The molecule has 1 aromatic heterocycles. The van der Waals surface area contributed by atoms with Gasteiger partial charge in [0.15, 0.2) is 5.58 Å². The van der Waals surface area contributed by atoms with Crippen molar-refractivity contribution in [2.24, 2.45) is 0 Å². The van der Waals surface area contributed by atoms with Crippen LogP contribution in [0.4, 0.5) is 5.69 Å². The maximum absolute atomic E-state index is 10.9. The average molecular weight is 175 g/mol. The van der Waals surface area contributed by atoms with Crippen molar-refractivity contribution in [2.75, 3.05) is 5.73 Å². The number of hydrogen-bond acceptors (Lipinski definition) is 3. The van der Waals surface area contributed by atoms with Crippen molar-refractivity contribution >= 4 is 16.7 Å². The monoisotopic (exact) mass is 175 g/mol. The van der Waals surface area contributed by atoms with Gasteiger partial charge in [-0.15, -0.1) is 0 Å². The van der Waals surface area contributed by atoms with Crippen LogP contribution in [0.3, 0.4) is 0 Å². The summed E-state index contributed by atoms with van der Waals surface area (Å²) in [5.74, 6) is 0. The molecule has 3 nitrogen and oxygen atoms in total. The van der Waals surface area contributed by atoms with Crippen molar-refractivity contribution in [2.45, 2.75) is 6.92 Å². The second-order valence-corrected chi connectivity index (χ2v) is 2.97. The number of nitrogen functional groups attached to an aromatic ring is 1. The van der Waals surface area contributed by atoms with Crippen molar-refractivity contribution in [1.29, 1.82) is 0 Å². The molecule has 66 valence electrons. The number of hydrogen-bond donors (Lipinski definition) is 1. The van der Waals surface area contributed by atoms with E-state index < -0.39 is 0 Å². The van der Waals surface area contributed by atoms with Crippen molar-refractivity contribution in [1.82, 2.24) is 0 Å². The van der Waals surface area contributed by atoms with E-state index >= 15 is 0 Å². The first-order valence-corrected chi connectivity index (χ1v) is 3.97. The zero-order valence-corrected chi connectivity index (χ0v) is 7.20. The Labute approximate surface area is 74.8 Å². The Morgan fingerprint density at radius 1 is 1.23 bits per heavy atom. The fourth-order valence-electron chi connectivity index (χ4n) is 1.25. The van der Waals surface area contributed by atoms with Gasteiger partial charge in [-0.25, -0.2) is 4.79 Å². The molecule has 0 aliphatic carbocycles. The summed E-state index contributed by atoms with van der Waals surface area (Å²) in [4.78, 5) is 10.9. The van der Waals surface area contributed by atoms with Crippen molar-refractivity contribution in [3.8, 4) is 0 Å². The van der Waals surface area contributed by atoms with E-state index in [0.717, 1.165) is 10.9 Å². The maximum atomic E-state index is 10.9. The molecule has 0 aliphatic rings. The van der Waals surface area contributed by atoms with Crippen LogP contribution in [0.2, 0.25) is 0 Å². The topological polar surface area (TPSA) is 56.2 Å². The van der Waals surface area contributed by atoms with E-state index in [-0.39, 0.29) is 5.63 Å². The normalized spacial score (nSPS) is 10.5. The van der Waals surface area contributed by atoms with Gasteiger partial charge in [-0.3, -0.25) is 0 Å². The Balaban J connectivity index is 2.97. The smallest absolute Gasteiger partial charge is 0.336 e. The van der Waals surface area contributed by atoms with Gasteiger partial charge in [-0.2, -0.15) is 0 Å². The highest BCUT2D eigenvalue weighted by atomic mass is 16.4. The highest BCUT2D eigenvalue weighted by Gasteiger charge is 2.02. The van der Waals surface area contributed by atoms with E-state index in [1.165, 1.54) is 6.07 Å². The zero-order chi connectivity index (χ0) is 9.42. The Bertz CT molecular complexity index is 514. The third-order valence-corrected chi connectivity index (χ3v) is 2.05. The van der Waals surface area contributed by atoms with Gasteiger partial charge in [0.2, 0.25) is 0 Å². The molecule has 0 atom stereocenters. The summed E-state index contributed by atoms with van der Waals surface area (Å²) in [5.41, 5.74) is 7.32. The fraction of sp³-hybridized carbons (Fsp3) is 0.100. The molecule has 0 unspecified atom stereocenters. The van der Waals surface area contributed by atoms with Crippen molar-refractivity contribution in [3.63, 3.8) is 0 Å². The van der Waals surface area contributed by atoms with Crippen molar-refractivity contribution < 1.29 is 4.42 Å². The lowest BCUT2D eigenvalue weighted by Crippen LogP contribution is -1.98. The highest BCUT2D eigenvalue weighted by molar-refractivity contribution is 5.88. The number of fused-ring (bicyclic) bond motifs is 1. The summed E-state index contributed by atoms with van der Waals surface area (Å²) in [5, 5.41) is 0.850. The van der Waals surface area contributed by atoms with E-state index in [1.54, 1.807) is 6.07 Å². The lowest BCUT2D eigenvalue weighted by molar-refractivity contribution is 0.562. The van der Waals surface area contributed by atoms with E-state index in [4.69, 9.17) is 10.2 Å². The van der Waals surface area contributed by atoms with Crippen LogP contribution in [-0.2, 0) is 0 Å². The first-order chi connectivity index (χ1) is 6.18. The number of aryl methyl sites for hydroxylation is 1. The lowest BCUT2D eigenvalue weighted by atomic mass is 10.1. The second-order valence-electron chi connectivity index (χ2n) is 2.97. The summed E-state index contributed by atoms with van der Waals surface area (Å²) in [6.07, 6.45) is 0. The highest BCUT2D eigenvalue weighted by Crippen LogP contribution is 2.22. The second kappa shape index (κ2) is 2.62. The molecule has 2 N–H and O–H groups in total. The third kappa shape index (κ3) is 1.18. The van der Waals surface area contributed by atoms with Gasteiger partial charge in [-0.1, -0.05) is 12.1 Å². The van der Waals surface area contributed by atoms with Crippen LogP contribution in [0.5, 0.6) is 0 Å². The minimum absolute atomic E-state index is 0.371. The molecule has 0 saturated carbocycles. The number of anilines is 1. The zero-order valence-electron chi connectivity index (χ0n) is 7.20. The Morgan fingerprint density at radius 2 is 1.92 bits per heavy atom. The summed E-state index contributed by atoms with van der Waals surface area (Å²) in [6.45, 7) is 1.88. The predicted molar refractivity (Wildman–Crippen MR) is 51.6 cm³/mol. The van der Waals surface area contributed by atoms with Gasteiger partial charge in [-0.05, 0) is 18.6 Å². The molecule has 0 radical (unpaired) electrons. The number of rotatable bonds is 0. The van der Waals surface area contributed by atoms with Crippen LogP contribution in [0.15, 0.2) is 33.5 Å². The first kappa shape index (κ1) is 7.86. The van der Waals surface area contributed by atoms with Gasteiger partial charge >= 0.3 is 5.63 Å². The molecule has 0 bridgehead atoms. The average Bonchev–Trinajstić information content (AvgIpc) is 2.12. The van der Waals surface area contributed by atoms with Crippen LogP contribution in [0.1, 0.15) is 5.56 Å². The molecule has 0 aliphatic heterocycles. The van der Waals surface area contributed by atoms with Crippen LogP contribution in [0, 0.1) is 6.92 Å². The van der Waals surface area contributed by atoms with E-state index in [9.17, 15) is 4.79 Å². The van der Waals surface area contributed by atoms with Crippen LogP contribution in [-0.4, -0.2) is 0 Å². The molecule has 0 fully saturated rings. The maximum Gasteiger partial charge on any atom is 0.336 e. The van der Waals surface area contributed by atoms with Gasteiger partial charge in [0, 0.05) is 11.5 Å². The van der Waals surface area contributed by atoms with Crippen LogP contribution in [0.25, 0.3) is 11.0 Å². The SMILES string of the molecule is Cc1ccc2ccc(=O)oc2c1N. The summed E-state index contributed by atoms with van der Waals surface area (Å²) >= 11 is 0. The van der Waals surface area contributed by atoms with Gasteiger partial charge < -0.3 is 10.2 Å². The summed E-state index contributed by atoms with van der Waals surface area (Å²) < 4.78 is 4.99. The minimum Gasteiger partial charge on any atom is -0.420 e. The quantitative estimate of drug-likeness (QED) is 0.489. The first-order valence-electron chi connectivity index (χ1n) is 3.97. The van der Waals surface area contributed by atoms with Crippen LogP contribution < -0.4 is 11.4 Å². The Kier molecular flexibility index (Phi) is 1.59. The molecule has 3 heteroatoms. The van der Waals surface area contributed by atoms with E-state index in [1.807, 2.05) is 19.1 Å². The molecular formula is C10H9NO2. The standard InChI is InChI=1S/C10H9NO2/c1-6-2-3-7-4-5-8(12)13-10(7)9(6)11/h2-5H,11H2,1H3. The van der Waals surface area contributed by atoms with Gasteiger partial charge in [0.05, 0.1) is 5.69 Å². The minimum atomic E-state index is -0.371. The predicted octanol–water partition coefficient (Wildman–Crippen LogP) is 1.68. The Hall–Kier alpha value is -1.77. The van der Waals surface area contributed by atoms with Crippen LogP contribution >= 0.6 is 0 Å². The molecule has 2 rings (SSSR count). The molecule has 13 heavy (non-hydrogen) atoms. The molecule has 1 heterocycles. The third-order valence-electron chi connectivity index (χ3n) is 2.05. The van der Waals surface area contributed by atoms with Crippen molar-refractivity contribution in [3.05, 3.63) is 40.2 Å². The van der Waals surface area contributed by atoms with E-state index in [2.05, 4.69) is 0 Å². The molecular weight excluding hydrogens is 166 g/mol. The molecule has 0 saturated heterocycles. The lowest BCUT2D eigenvalue weighted by Gasteiger charge is -2.02. The van der Waals surface area contributed by atoms with E-state index in [0.29, 0.717) is 11.3 Å². The summed E-state index contributed by atoms with van der Waals surface area (Å²) in [6, 6.07) is 6.87.